The first-order chi connectivity index (χ1) is 14.7. The number of carbonyl (C=O) groups excluding carboxylic acids is 1. The van der Waals surface area contributed by atoms with Gasteiger partial charge in [0.05, 0.1) is 18.2 Å². The van der Waals surface area contributed by atoms with Crippen LogP contribution in [0.3, 0.4) is 0 Å². The Labute approximate surface area is 181 Å². The van der Waals surface area contributed by atoms with Gasteiger partial charge in [-0.15, -0.1) is 5.10 Å². The van der Waals surface area contributed by atoms with Crippen LogP contribution in [0.15, 0.2) is 54.6 Å². The van der Waals surface area contributed by atoms with E-state index in [1.807, 2.05) is 59.5 Å². The lowest BCUT2D eigenvalue weighted by Crippen LogP contribution is -2.49. The molecule has 1 unspecified atom stereocenters. The van der Waals surface area contributed by atoms with Crippen molar-refractivity contribution >= 4 is 17.5 Å². The molecule has 1 aliphatic rings. The third-order valence-corrected chi connectivity index (χ3v) is 5.81. The predicted molar refractivity (Wildman–Crippen MR) is 115 cm³/mol. The Morgan fingerprint density at radius 1 is 1.03 bits per heavy atom. The SMILES string of the molecule is CCC(C(=O)N1CCN(Cc2nnnn2-c2ccc(Cl)cc2)CC1)c1ccccc1. The van der Waals surface area contributed by atoms with E-state index in [-0.39, 0.29) is 11.8 Å². The Morgan fingerprint density at radius 2 is 1.73 bits per heavy atom. The summed E-state index contributed by atoms with van der Waals surface area (Å²) in [6, 6.07) is 17.5. The van der Waals surface area contributed by atoms with Crippen LogP contribution in [0.5, 0.6) is 0 Å². The molecular weight excluding hydrogens is 400 g/mol. The van der Waals surface area contributed by atoms with Crippen LogP contribution >= 0.6 is 11.6 Å². The van der Waals surface area contributed by atoms with E-state index in [1.54, 1.807) is 4.68 Å². The molecule has 1 amide bonds. The van der Waals surface area contributed by atoms with E-state index in [4.69, 9.17) is 11.6 Å². The van der Waals surface area contributed by atoms with Crippen molar-refractivity contribution in [3.05, 3.63) is 71.0 Å². The van der Waals surface area contributed by atoms with E-state index in [9.17, 15) is 4.79 Å². The van der Waals surface area contributed by atoms with Gasteiger partial charge < -0.3 is 4.90 Å². The highest BCUT2D eigenvalue weighted by Gasteiger charge is 2.28. The molecule has 156 valence electrons. The highest BCUT2D eigenvalue weighted by molar-refractivity contribution is 6.30. The minimum Gasteiger partial charge on any atom is -0.340 e. The number of tetrazole rings is 1. The lowest BCUT2D eigenvalue weighted by Gasteiger charge is -2.36. The molecule has 2 aromatic carbocycles. The van der Waals surface area contributed by atoms with Crippen LogP contribution in [-0.4, -0.2) is 62.1 Å². The molecule has 0 N–H and O–H groups in total. The molecule has 0 aliphatic carbocycles. The van der Waals surface area contributed by atoms with Crippen LogP contribution in [0.1, 0.15) is 30.7 Å². The first-order valence-corrected chi connectivity index (χ1v) is 10.6. The number of nitrogens with zero attached hydrogens (tertiary/aromatic N) is 6. The van der Waals surface area contributed by atoms with E-state index in [0.29, 0.717) is 24.7 Å². The van der Waals surface area contributed by atoms with Gasteiger partial charge in [-0.05, 0) is 46.7 Å². The zero-order valence-corrected chi connectivity index (χ0v) is 17.7. The molecule has 0 radical (unpaired) electrons. The predicted octanol–water partition coefficient (Wildman–Crippen LogP) is 3.15. The number of hydrogen-bond acceptors (Lipinski definition) is 5. The zero-order chi connectivity index (χ0) is 20.9. The topological polar surface area (TPSA) is 67.2 Å². The highest BCUT2D eigenvalue weighted by Crippen LogP contribution is 2.23. The number of benzene rings is 2. The van der Waals surface area contributed by atoms with Gasteiger partial charge in [-0.25, -0.2) is 0 Å². The molecular formula is C22H25ClN6O. The minimum atomic E-state index is -0.0741. The van der Waals surface area contributed by atoms with Gasteiger partial charge in [0.25, 0.3) is 0 Å². The summed E-state index contributed by atoms with van der Waals surface area (Å²) < 4.78 is 1.73. The normalized spacial score (nSPS) is 15.9. The molecule has 1 aliphatic heterocycles. The number of rotatable bonds is 6. The van der Waals surface area contributed by atoms with Crippen molar-refractivity contribution < 1.29 is 4.79 Å². The van der Waals surface area contributed by atoms with Crippen LogP contribution in [0.4, 0.5) is 0 Å². The van der Waals surface area contributed by atoms with Gasteiger partial charge in [-0.2, -0.15) is 4.68 Å². The fourth-order valence-corrected chi connectivity index (χ4v) is 4.00. The molecule has 0 spiro atoms. The zero-order valence-electron chi connectivity index (χ0n) is 17.0. The lowest BCUT2D eigenvalue weighted by atomic mass is 9.95. The number of piperazine rings is 1. The van der Waals surface area contributed by atoms with Gasteiger partial charge in [0.2, 0.25) is 5.91 Å². The second-order valence-electron chi connectivity index (χ2n) is 7.46. The molecule has 4 rings (SSSR count). The Morgan fingerprint density at radius 3 is 2.40 bits per heavy atom. The van der Waals surface area contributed by atoms with E-state index >= 15 is 0 Å². The molecule has 1 saturated heterocycles. The van der Waals surface area contributed by atoms with Gasteiger partial charge in [-0.3, -0.25) is 9.69 Å². The lowest BCUT2D eigenvalue weighted by molar-refractivity contribution is -0.134. The molecule has 8 heteroatoms. The second-order valence-corrected chi connectivity index (χ2v) is 7.89. The third-order valence-electron chi connectivity index (χ3n) is 5.56. The molecule has 1 fully saturated rings. The third kappa shape index (κ3) is 4.52. The quantitative estimate of drug-likeness (QED) is 0.608. The van der Waals surface area contributed by atoms with Crippen molar-refractivity contribution in [2.75, 3.05) is 26.2 Å². The van der Waals surface area contributed by atoms with Gasteiger partial charge in [0, 0.05) is 31.2 Å². The molecule has 0 bridgehead atoms. The molecule has 0 saturated carbocycles. The van der Waals surface area contributed by atoms with Crippen molar-refractivity contribution in [1.82, 2.24) is 30.0 Å². The van der Waals surface area contributed by atoms with E-state index in [1.165, 1.54) is 0 Å². The van der Waals surface area contributed by atoms with Crippen LogP contribution in [-0.2, 0) is 11.3 Å². The Bertz CT molecular complexity index is 967. The van der Waals surface area contributed by atoms with Gasteiger partial charge in [-0.1, -0.05) is 48.9 Å². The monoisotopic (exact) mass is 424 g/mol. The summed E-state index contributed by atoms with van der Waals surface area (Å²) in [5.74, 6) is 0.914. The average molecular weight is 425 g/mol. The fraction of sp³-hybridized carbons (Fsp3) is 0.364. The summed E-state index contributed by atoms with van der Waals surface area (Å²) in [7, 11) is 0. The van der Waals surface area contributed by atoms with Crippen molar-refractivity contribution in [1.29, 1.82) is 0 Å². The van der Waals surface area contributed by atoms with Crippen molar-refractivity contribution in [3.63, 3.8) is 0 Å². The molecule has 1 atom stereocenters. The second kappa shape index (κ2) is 9.36. The van der Waals surface area contributed by atoms with Gasteiger partial charge in [0.1, 0.15) is 0 Å². The summed E-state index contributed by atoms with van der Waals surface area (Å²) >= 11 is 5.98. The molecule has 30 heavy (non-hydrogen) atoms. The summed E-state index contributed by atoms with van der Waals surface area (Å²) in [6.45, 7) is 5.72. The van der Waals surface area contributed by atoms with Crippen LogP contribution in [0.25, 0.3) is 5.69 Å². The molecule has 7 nitrogen and oxygen atoms in total. The summed E-state index contributed by atoms with van der Waals surface area (Å²) in [5, 5.41) is 12.8. The van der Waals surface area contributed by atoms with E-state index in [0.717, 1.165) is 36.6 Å². The Kier molecular flexibility index (Phi) is 6.40. The minimum absolute atomic E-state index is 0.0741. The number of amides is 1. The Balaban J connectivity index is 1.37. The average Bonchev–Trinajstić information content (AvgIpc) is 3.24. The fourth-order valence-electron chi connectivity index (χ4n) is 3.87. The molecule has 3 aromatic rings. The van der Waals surface area contributed by atoms with Crippen molar-refractivity contribution in [3.8, 4) is 5.69 Å². The maximum atomic E-state index is 13.1. The number of halogens is 1. The highest BCUT2D eigenvalue weighted by atomic mass is 35.5. The summed E-state index contributed by atoms with van der Waals surface area (Å²) in [6.07, 6.45) is 0.804. The van der Waals surface area contributed by atoms with Crippen LogP contribution < -0.4 is 0 Å². The number of hydrogen-bond donors (Lipinski definition) is 0. The largest absolute Gasteiger partial charge is 0.340 e. The van der Waals surface area contributed by atoms with Gasteiger partial charge >= 0.3 is 0 Å². The summed E-state index contributed by atoms with van der Waals surface area (Å²) in [5.41, 5.74) is 1.97. The van der Waals surface area contributed by atoms with E-state index in [2.05, 4.69) is 27.3 Å². The first kappa shape index (κ1) is 20.5. The van der Waals surface area contributed by atoms with Gasteiger partial charge in [0.15, 0.2) is 5.82 Å². The van der Waals surface area contributed by atoms with Crippen molar-refractivity contribution in [2.24, 2.45) is 0 Å². The number of aromatic nitrogens is 4. The molecule has 1 aromatic heterocycles. The standard InChI is InChI=1S/C22H25ClN6O/c1-2-20(17-6-4-3-5-7-17)22(30)28-14-12-27(13-15-28)16-21-24-25-26-29(21)19-10-8-18(23)9-11-19/h3-11,20H,2,12-16H2,1H3. The summed E-state index contributed by atoms with van der Waals surface area (Å²) in [4.78, 5) is 17.3. The van der Waals surface area contributed by atoms with E-state index < -0.39 is 0 Å². The number of carbonyl (C=O) groups is 1. The Hall–Kier alpha value is -2.77. The maximum absolute atomic E-state index is 13.1. The maximum Gasteiger partial charge on any atom is 0.230 e. The molecule has 2 heterocycles. The van der Waals surface area contributed by atoms with Crippen LogP contribution in [0.2, 0.25) is 5.02 Å². The van der Waals surface area contributed by atoms with Crippen molar-refractivity contribution in [2.45, 2.75) is 25.8 Å². The van der Waals surface area contributed by atoms with Crippen LogP contribution in [0, 0.1) is 0 Å². The smallest absolute Gasteiger partial charge is 0.230 e. The first-order valence-electron chi connectivity index (χ1n) is 10.2.